The van der Waals surface area contributed by atoms with E-state index >= 15 is 0 Å². The highest BCUT2D eigenvalue weighted by atomic mass is 32.2. The van der Waals surface area contributed by atoms with E-state index in [2.05, 4.69) is 25.3 Å². The van der Waals surface area contributed by atoms with Gasteiger partial charge in [-0.1, -0.05) is 0 Å². The van der Waals surface area contributed by atoms with E-state index in [0.717, 1.165) is 61.2 Å². The molecule has 0 aromatic carbocycles. The number of nitrogens with zero attached hydrogens (tertiary/aromatic N) is 7. The van der Waals surface area contributed by atoms with Gasteiger partial charge < -0.3 is 9.87 Å². The average Bonchev–Trinajstić information content (AvgIpc) is 3.77. The molecule has 4 aromatic rings. The molecule has 0 saturated heterocycles. The van der Waals surface area contributed by atoms with E-state index in [0.29, 0.717) is 46.0 Å². The highest BCUT2D eigenvalue weighted by Gasteiger charge is 2.36. The SMILES string of the molecule is CC[S+]([O-])c1ccc(CNc2nc3cnc(-c4c(C5CC5)ncnc4C4CC4)nc3n(C3CC3)c2=O)nc1. The molecule has 1 unspecified atom stereocenters. The molecule has 10 nitrogen and oxygen atoms in total. The Morgan fingerprint density at radius 2 is 1.71 bits per heavy atom. The highest BCUT2D eigenvalue weighted by molar-refractivity contribution is 7.91. The molecule has 4 aromatic heterocycles. The van der Waals surface area contributed by atoms with Crippen LogP contribution in [0.5, 0.6) is 0 Å². The number of aromatic nitrogens is 7. The maximum absolute atomic E-state index is 13.6. The van der Waals surface area contributed by atoms with E-state index in [1.54, 1.807) is 23.3 Å². The summed E-state index contributed by atoms with van der Waals surface area (Å²) < 4.78 is 13.8. The molecule has 3 saturated carbocycles. The summed E-state index contributed by atoms with van der Waals surface area (Å²) in [5.74, 6) is 2.26. The lowest BCUT2D eigenvalue weighted by Crippen LogP contribution is -2.26. The Hall–Kier alpha value is -3.44. The molecule has 0 bridgehead atoms. The van der Waals surface area contributed by atoms with Crippen molar-refractivity contribution >= 4 is 28.2 Å². The van der Waals surface area contributed by atoms with Gasteiger partial charge in [-0.2, -0.15) is 0 Å². The maximum Gasteiger partial charge on any atom is 0.295 e. The largest absolute Gasteiger partial charge is 0.611 e. The van der Waals surface area contributed by atoms with Crippen LogP contribution >= 0.6 is 0 Å². The predicted molar refractivity (Wildman–Crippen MR) is 143 cm³/mol. The molecular weight excluding hydrogens is 500 g/mol. The average molecular weight is 529 g/mol. The van der Waals surface area contributed by atoms with Crippen molar-refractivity contribution in [3.63, 3.8) is 0 Å². The van der Waals surface area contributed by atoms with Gasteiger partial charge in [0.15, 0.2) is 22.2 Å². The Balaban J connectivity index is 1.25. The number of pyridine rings is 1. The van der Waals surface area contributed by atoms with Crippen molar-refractivity contribution in [1.29, 1.82) is 0 Å². The third-order valence-electron chi connectivity index (χ3n) is 7.36. The Labute approximate surface area is 222 Å². The highest BCUT2D eigenvalue weighted by Crippen LogP contribution is 2.48. The van der Waals surface area contributed by atoms with Crippen LogP contribution in [0.15, 0.2) is 40.5 Å². The number of hydrogen-bond acceptors (Lipinski definition) is 9. The standard InChI is InChI=1S/C27H28N8O2S/c1-2-38(37)19-10-7-17(28-12-19)11-29-25-27(36)35(18-8-9-18)26-20(33-25)13-30-24(34-26)21-22(15-3-4-15)31-14-32-23(21)16-5-6-16/h7,10,12-16,18H,2-6,8-9,11H2,1H3,(H,29,33). The Kier molecular flexibility index (Phi) is 5.85. The van der Waals surface area contributed by atoms with Gasteiger partial charge in [-0.3, -0.25) is 14.3 Å². The van der Waals surface area contributed by atoms with Crippen LogP contribution in [0.25, 0.3) is 22.6 Å². The lowest BCUT2D eigenvalue weighted by Gasteiger charge is -2.15. The van der Waals surface area contributed by atoms with Gasteiger partial charge in [0.2, 0.25) is 0 Å². The Bertz CT molecular complexity index is 1550. The molecule has 3 aliphatic carbocycles. The Morgan fingerprint density at radius 3 is 2.32 bits per heavy atom. The summed E-state index contributed by atoms with van der Waals surface area (Å²) >= 11 is -1.05. The van der Waals surface area contributed by atoms with E-state index in [1.165, 1.54) is 0 Å². The van der Waals surface area contributed by atoms with E-state index < -0.39 is 11.2 Å². The molecule has 4 heterocycles. The van der Waals surface area contributed by atoms with Crippen LogP contribution in [0, 0.1) is 0 Å². The van der Waals surface area contributed by atoms with Gasteiger partial charge in [0.25, 0.3) is 5.56 Å². The Morgan fingerprint density at radius 1 is 0.974 bits per heavy atom. The molecule has 0 amide bonds. The minimum absolute atomic E-state index is 0.107. The van der Waals surface area contributed by atoms with Gasteiger partial charge in [-0.15, -0.1) is 0 Å². The van der Waals surface area contributed by atoms with Crippen molar-refractivity contribution < 1.29 is 4.55 Å². The van der Waals surface area contributed by atoms with Gasteiger partial charge in [-0.25, -0.2) is 24.9 Å². The zero-order chi connectivity index (χ0) is 25.8. The number of anilines is 1. The summed E-state index contributed by atoms with van der Waals surface area (Å²) in [5, 5.41) is 3.16. The quantitative estimate of drug-likeness (QED) is 0.321. The number of hydrogen-bond donors (Lipinski definition) is 1. The summed E-state index contributed by atoms with van der Waals surface area (Å²) in [6.45, 7) is 2.20. The first-order valence-electron chi connectivity index (χ1n) is 13.3. The third-order valence-corrected chi connectivity index (χ3v) is 8.65. The molecule has 38 heavy (non-hydrogen) atoms. The molecule has 3 aliphatic rings. The van der Waals surface area contributed by atoms with Crippen molar-refractivity contribution in [2.24, 2.45) is 0 Å². The van der Waals surface area contributed by atoms with Gasteiger partial charge in [0.05, 0.1) is 41.6 Å². The topological polar surface area (TPSA) is 134 Å². The minimum Gasteiger partial charge on any atom is -0.611 e. The smallest absolute Gasteiger partial charge is 0.295 e. The van der Waals surface area contributed by atoms with Crippen molar-refractivity contribution in [2.75, 3.05) is 11.1 Å². The molecule has 0 aliphatic heterocycles. The molecule has 0 radical (unpaired) electrons. The van der Waals surface area contributed by atoms with Crippen molar-refractivity contribution in [3.05, 3.63) is 58.3 Å². The van der Waals surface area contributed by atoms with Crippen LogP contribution in [0.1, 0.15) is 80.4 Å². The van der Waals surface area contributed by atoms with Gasteiger partial charge in [0, 0.05) is 17.9 Å². The summed E-state index contributed by atoms with van der Waals surface area (Å²) in [6, 6.07) is 3.74. The summed E-state index contributed by atoms with van der Waals surface area (Å²) in [7, 11) is 0. The zero-order valence-electron chi connectivity index (χ0n) is 21.1. The molecule has 1 N–H and O–H groups in total. The lowest BCUT2D eigenvalue weighted by molar-refractivity contribution is 0.595. The first-order valence-corrected chi connectivity index (χ1v) is 14.6. The van der Waals surface area contributed by atoms with E-state index in [4.69, 9.17) is 9.97 Å². The van der Waals surface area contributed by atoms with Crippen LogP contribution < -0.4 is 10.9 Å². The van der Waals surface area contributed by atoms with Crippen LogP contribution in [-0.4, -0.2) is 44.8 Å². The first-order chi connectivity index (χ1) is 18.6. The molecule has 194 valence electrons. The summed E-state index contributed by atoms with van der Waals surface area (Å²) in [6.07, 6.45) is 11.4. The fraction of sp³-hybridized carbons (Fsp3) is 0.444. The van der Waals surface area contributed by atoms with Crippen LogP contribution in [0.2, 0.25) is 0 Å². The minimum atomic E-state index is -1.05. The maximum atomic E-state index is 13.6. The van der Waals surface area contributed by atoms with Crippen molar-refractivity contribution in [2.45, 2.75) is 74.8 Å². The molecule has 3 fully saturated rings. The summed E-state index contributed by atoms with van der Waals surface area (Å²) in [5.41, 5.74) is 4.70. The molecule has 11 heteroatoms. The molecule has 1 atom stereocenters. The zero-order valence-corrected chi connectivity index (χ0v) is 21.9. The first kappa shape index (κ1) is 23.7. The lowest BCUT2D eigenvalue weighted by atomic mass is 10.0. The second-order valence-corrected chi connectivity index (χ2v) is 12.0. The monoisotopic (exact) mass is 528 g/mol. The normalized spacial score (nSPS) is 18.1. The third kappa shape index (κ3) is 4.43. The van der Waals surface area contributed by atoms with E-state index in [1.807, 2.05) is 19.1 Å². The van der Waals surface area contributed by atoms with Crippen molar-refractivity contribution in [3.8, 4) is 11.4 Å². The molecule has 0 spiro atoms. The second-order valence-electron chi connectivity index (χ2n) is 10.3. The molecule has 7 rings (SSSR count). The van der Waals surface area contributed by atoms with Crippen LogP contribution in [0.4, 0.5) is 5.82 Å². The van der Waals surface area contributed by atoms with E-state index in [9.17, 15) is 9.35 Å². The fourth-order valence-corrected chi connectivity index (χ4v) is 5.60. The van der Waals surface area contributed by atoms with Gasteiger partial charge >= 0.3 is 0 Å². The number of nitrogens with one attached hydrogen (secondary N) is 1. The van der Waals surface area contributed by atoms with E-state index in [-0.39, 0.29) is 17.4 Å². The number of fused-ring (bicyclic) bond motifs is 1. The fourth-order valence-electron chi connectivity index (χ4n) is 4.87. The number of rotatable bonds is 9. The summed E-state index contributed by atoms with van der Waals surface area (Å²) in [4.78, 5) is 42.2. The van der Waals surface area contributed by atoms with Crippen LogP contribution in [0.3, 0.4) is 0 Å². The second kappa shape index (κ2) is 9.39. The van der Waals surface area contributed by atoms with Crippen molar-refractivity contribution in [1.82, 2.24) is 34.5 Å². The van der Waals surface area contributed by atoms with Gasteiger partial charge in [0.1, 0.15) is 17.6 Å². The van der Waals surface area contributed by atoms with Gasteiger partial charge in [-0.05, 0) is 68.8 Å². The molecular formula is C27H28N8O2S. The predicted octanol–water partition coefficient (Wildman–Crippen LogP) is 3.87. The van der Waals surface area contributed by atoms with Crippen LogP contribution in [-0.2, 0) is 17.7 Å².